The molecule has 0 fully saturated rings. The Morgan fingerprint density at radius 3 is 2.20 bits per heavy atom. The van der Waals surface area contributed by atoms with Gasteiger partial charge < -0.3 is 29.9 Å². The molecule has 4 N–H and O–H groups in total. The van der Waals surface area contributed by atoms with Crippen molar-refractivity contribution in [3.05, 3.63) is 59.7 Å². The fraction of sp³-hybridized carbons (Fsp3) is 0.190. The van der Waals surface area contributed by atoms with E-state index in [2.05, 4.69) is 0 Å². The topological polar surface area (TPSA) is 151 Å². The Balaban J connectivity index is 2.14. The van der Waals surface area contributed by atoms with Crippen LogP contribution in [-0.4, -0.2) is 51.5 Å². The van der Waals surface area contributed by atoms with Gasteiger partial charge in [-0.05, 0) is 47.9 Å². The highest BCUT2D eigenvalue weighted by Crippen LogP contribution is 2.26. The molecule has 0 aliphatic carbocycles. The van der Waals surface area contributed by atoms with E-state index < -0.39 is 29.9 Å². The molecule has 9 heteroatoms. The highest BCUT2D eigenvalue weighted by molar-refractivity contribution is 5.90. The monoisotopic (exact) mass is 416 g/mol. The normalized spacial score (nSPS) is 12.8. The van der Waals surface area contributed by atoms with Crippen LogP contribution >= 0.6 is 0 Å². The molecular formula is C21H20O9. The van der Waals surface area contributed by atoms with Gasteiger partial charge in [0.15, 0.2) is 11.5 Å². The van der Waals surface area contributed by atoms with Crippen LogP contribution in [0.4, 0.5) is 0 Å². The number of carbonyl (C=O) groups excluding carboxylic acids is 1. The zero-order valence-electron chi connectivity index (χ0n) is 15.9. The van der Waals surface area contributed by atoms with Crippen LogP contribution < -0.4 is 4.74 Å². The summed E-state index contributed by atoms with van der Waals surface area (Å²) < 4.78 is 9.79. The van der Waals surface area contributed by atoms with Crippen LogP contribution in [0.2, 0.25) is 0 Å². The Morgan fingerprint density at radius 2 is 1.67 bits per heavy atom. The number of carboxylic acid groups (broad SMARTS) is 2. The first-order chi connectivity index (χ1) is 14.2. The molecular weight excluding hydrogens is 396 g/mol. The third kappa shape index (κ3) is 5.99. The predicted molar refractivity (Wildman–Crippen MR) is 104 cm³/mol. The molecule has 2 aromatic rings. The van der Waals surface area contributed by atoms with Crippen LogP contribution in [0.5, 0.6) is 17.2 Å². The Hall–Kier alpha value is -4.01. The molecule has 0 radical (unpaired) electrons. The minimum absolute atomic E-state index is 0.0263. The van der Waals surface area contributed by atoms with Crippen molar-refractivity contribution in [2.75, 3.05) is 7.11 Å². The maximum atomic E-state index is 12.1. The van der Waals surface area contributed by atoms with Gasteiger partial charge in [-0.25, -0.2) is 9.59 Å². The smallest absolute Gasteiger partial charge is 0.345 e. The number of ether oxygens (including phenoxy) is 2. The van der Waals surface area contributed by atoms with Gasteiger partial charge in [-0.3, -0.25) is 4.79 Å². The molecule has 0 unspecified atom stereocenters. The zero-order valence-corrected chi connectivity index (χ0v) is 15.9. The van der Waals surface area contributed by atoms with E-state index >= 15 is 0 Å². The summed E-state index contributed by atoms with van der Waals surface area (Å²) in [5.41, 5.74) is 0.864. The quantitative estimate of drug-likeness (QED) is 0.356. The van der Waals surface area contributed by atoms with Crippen molar-refractivity contribution >= 4 is 24.0 Å². The molecule has 2 atom stereocenters. The SMILES string of the molecule is COc1ccc(/C=C/C(=O)O[C@H](C(=O)O)[C@@H](Cc2ccc(O)cc2)C(=O)O)cc1O. The number of hydrogen-bond donors (Lipinski definition) is 4. The first-order valence-corrected chi connectivity index (χ1v) is 8.70. The number of phenolic OH excluding ortho intramolecular Hbond substituents is 2. The van der Waals surface area contributed by atoms with Crippen LogP contribution in [0.3, 0.4) is 0 Å². The number of phenols is 2. The maximum Gasteiger partial charge on any atom is 0.345 e. The van der Waals surface area contributed by atoms with E-state index in [9.17, 15) is 34.8 Å². The van der Waals surface area contributed by atoms with Gasteiger partial charge in [0.05, 0.1) is 7.11 Å². The van der Waals surface area contributed by atoms with Crippen molar-refractivity contribution in [1.82, 2.24) is 0 Å². The number of methoxy groups -OCH3 is 1. The van der Waals surface area contributed by atoms with Gasteiger partial charge in [-0.15, -0.1) is 0 Å². The molecule has 0 bridgehead atoms. The molecule has 0 amide bonds. The van der Waals surface area contributed by atoms with Gasteiger partial charge in [0.25, 0.3) is 0 Å². The van der Waals surface area contributed by atoms with Crippen LogP contribution in [0.25, 0.3) is 6.08 Å². The molecule has 30 heavy (non-hydrogen) atoms. The molecule has 0 heterocycles. The number of aromatic hydroxyl groups is 2. The maximum absolute atomic E-state index is 12.1. The number of aliphatic carboxylic acids is 2. The van der Waals surface area contributed by atoms with Crippen LogP contribution in [0.15, 0.2) is 48.5 Å². The molecule has 2 rings (SSSR count). The largest absolute Gasteiger partial charge is 0.508 e. The van der Waals surface area contributed by atoms with Gasteiger partial charge in [0.1, 0.15) is 11.7 Å². The summed E-state index contributed by atoms with van der Waals surface area (Å²) in [5.74, 6) is -5.61. The summed E-state index contributed by atoms with van der Waals surface area (Å²) in [4.78, 5) is 35.3. The van der Waals surface area contributed by atoms with Gasteiger partial charge >= 0.3 is 17.9 Å². The number of carboxylic acids is 2. The zero-order chi connectivity index (χ0) is 22.3. The lowest BCUT2D eigenvalue weighted by Crippen LogP contribution is -2.39. The van der Waals surface area contributed by atoms with Gasteiger partial charge in [-0.2, -0.15) is 0 Å². The summed E-state index contributed by atoms with van der Waals surface area (Å²) >= 11 is 0. The van der Waals surface area contributed by atoms with Gasteiger partial charge in [0, 0.05) is 6.08 Å². The van der Waals surface area contributed by atoms with Crippen molar-refractivity contribution in [1.29, 1.82) is 0 Å². The summed E-state index contributed by atoms with van der Waals surface area (Å²) in [7, 11) is 1.38. The van der Waals surface area contributed by atoms with E-state index in [1.54, 1.807) is 6.07 Å². The van der Waals surface area contributed by atoms with Crippen molar-refractivity contribution in [2.24, 2.45) is 5.92 Å². The minimum Gasteiger partial charge on any atom is -0.508 e. The van der Waals surface area contributed by atoms with E-state index in [1.165, 1.54) is 49.6 Å². The van der Waals surface area contributed by atoms with E-state index in [0.717, 1.165) is 6.08 Å². The molecule has 0 aliphatic heterocycles. The average Bonchev–Trinajstić information content (AvgIpc) is 2.70. The second-order valence-electron chi connectivity index (χ2n) is 6.28. The summed E-state index contributed by atoms with van der Waals surface area (Å²) in [6, 6.07) is 9.90. The number of esters is 1. The second-order valence-corrected chi connectivity index (χ2v) is 6.28. The molecule has 2 aromatic carbocycles. The fourth-order valence-electron chi connectivity index (χ4n) is 2.65. The van der Waals surface area contributed by atoms with E-state index in [0.29, 0.717) is 11.1 Å². The second kappa shape index (κ2) is 9.97. The third-order valence-corrected chi connectivity index (χ3v) is 4.18. The molecule has 0 saturated heterocycles. The van der Waals surface area contributed by atoms with Gasteiger partial charge in [-0.1, -0.05) is 18.2 Å². The first kappa shape index (κ1) is 22.3. The van der Waals surface area contributed by atoms with Crippen molar-refractivity contribution < 1.29 is 44.3 Å². The number of hydrogen-bond acceptors (Lipinski definition) is 7. The van der Waals surface area contributed by atoms with E-state index in [4.69, 9.17) is 9.47 Å². The Labute approximate surface area is 171 Å². The van der Waals surface area contributed by atoms with Crippen LogP contribution in [0.1, 0.15) is 11.1 Å². The minimum atomic E-state index is -1.93. The first-order valence-electron chi connectivity index (χ1n) is 8.70. The van der Waals surface area contributed by atoms with Crippen LogP contribution in [0, 0.1) is 5.92 Å². The molecule has 0 spiro atoms. The predicted octanol–water partition coefficient (Wildman–Crippen LogP) is 2.06. The summed E-state index contributed by atoms with van der Waals surface area (Å²) in [6.45, 7) is 0. The van der Waals surface area contributed by atoms with Crippen molar-refractivity contribution in [3.63, 3.8) is 0 Å². The summed E-state index contributed by atoms with van der Waals surface area (Å²) in [6.07, 6.45) is 0.0423. The number of carbonyl (C=O) groups is 3. The number of benzene rings is 2. The Bertz CT molecular complexity index is 947. The highest BCUT2D eigenvalue weighted by atomic mass is 16.6. The van der Waals surface area contributed by atoms with E-state index in [-0.39, 0.29) is 23.7 Å². The highest BCUT2D eigenvalue weighted by Gasteiger charge is 2.37. The lowest BCUT2D eigenvalue weighted by atomic mass is 9.94. The van der Waals surface area contributed by atoms with Crippen LogP contribution in [-0.2, 0) is 25.5 Å². The molecule has 158 valence electrons. The van der Waals surface area contributed by atoms with Crippen molar-refractivity contribution in [2.45, 2.75) is 12.5 Å². The number of rotatable bonds is 9. The lowest BCUT2D eigenvalue weighted by Gasteiger charge is -2.20. The standard InChI is InChI=1S/C21H20O9/c1-29-17-8-4-13(11-16(17)23)5-9-18(24)30-19(21(27)28)15(20(25)26)10-12-2-6-14(22)7-3-12/h2-9,11,15,19,22-23H,10H2,1H3,(H,25,26)(H,27,28)/b9-5+/t15-,19+/m1/s1. The molecule has 0 saturated carbocycles. The van der Waals surface area contributed by atoms with Gasteiger partial charge in [0.2, 0.25) is 6.10 Å². The Morgan fingerprint density at radius 1 is 1.00 bits per heavy atom. The van der Waals surface area contributed by atoms with E-state index in [1.807, 2.05) is 0 Å². The summed E-state index contributed by atoms with van der Waals surface area (Å²) in [5, 5.41) is 37.9. The molecule has 0 aromatic heterocycles. The third-order valence-electron chi connectivity index (χ3n) is 4.18. The van der Waals surface area contributed by atoms with Crippen molar-refractivity contribution in [3.8, 4) is 17.2 Å². The molecule has 9 nitrogen and oxygen atoms in total. The fourth-order valence-corrected chi connectivity index (χ4v) is 2.65. The average molecular weight is 416 g/mol. The lowest BCUT2D eigenvalue weighted by molar-refractivity contribution is -0.170. The molecule has 0 aliphatic rings. The Kier molecular flexibility index (Phi) is 7.40.